The first-order valence-electron chi connectivity index (χ1n) is 3.69. The molecule has 0 bridgehead atoms. The molecule has 1 N–H and O–H groups in total. The summed E-state index contributed by atoms with van der Waals surface area (Å²) in [7, 11) is 0. The Bertz CT molecular complexity index is 330. The van der Waals surface area contributed by atoms with E-state index >= 15 is 0 Å². The second kappa shape index (κ2) is 4.16. The molecule has 1 amide bonds. The first-order chi connectivity index (χ1) is 6.24. The van der Waals surface area contributed by atoms with Crippen LogP contribution in [0.1, 0.15) is 17.3 Å². The van der Waals surface area contributed by atoms with Gasteiger partial charge in [-0.15, -0.1) is 0 Å². The molecule has 0 aliphatic rings. The van der Waals surface area contributed by atoms with Gasteiger partial charge >= 0.3 is 0 Å². The first-order valence-corrected chi connectivity index (χ1v) is 3.69. The van der Waals surface area contributed by atoms with Gasteiger partial charge in [-0.25, -0.2) is 9.97 Å². The van der Waals surface area contributed by atoms with Gasteiger partial charge in [0.1, 0.15) is 12.4 Å². The maximum absolute atomic E-state index is 11.3. The summed E-state index contributed by atoms with van der Waals surface area (Å²) in [6, 6.07) is 1.39. The van der Waals surface area contributed by atoms with E-state index in [1.54, 1.807) is 6.92 Å². The molecule has 0 saturated carbocycles. The number of aromatic nitrogens is 2. The van der Waals surface area contributed by atoms with Crippen LogP contribution in [0.4, 0.5) is 0 Å². The quantitative estimate of drug-likeness (QED) is 0.694. The lowest BCUT2D eigenvalue weighted by atomic mass is 10.3. The number of nitriles is 1. The second-order valence-electron chi connectivity index (χ2n) is 2.45. The molecule has 1 heterocycles. The summed E-state index contributed by atoms with van der Waals surface area (Å²) in [6.45, 7) is 1.60. The Kier molecular flexibility index (Phi) is 2.92. The van der Waals surface area contributed by atoms with Crippen LogP contribution in [-0.2, 0) is 0 Å². The fraction of sp³-hybridized carbons (Fsp3) is 0.250. The molecule has 0 aliphatic heterocycles. The molecule has 1 rings (SSSR count). The lowest BCUT2D eigenvalue weighted by Crippen LogP contribution is -2.31. The van der Waals surface area contributed by atoms with E-state index in [9.17, 15) is 4.79 Å². The Morgan fingerprint density at radius 2 is 2.23 bits per heavy atom. The van der Waals surface area contributed by atoms with E-state index in [0.29, 0.717) is 5.56 Å². The second-order valence-corrected chi connectivity index (χ2v) is 2.45. The SMILES string of the molecule is CC(C#N)NC(=O)c1cncnc1. The van der Waals surface area contributed by atoms with Crippen LogP contribution in [0.2, 0.25) is 0 Å². The zero-order chi connectivity index (χ0) is 9.68. The Morgan fingerprint density at radius 3 is 2.77 bits per heavy atom. The average Bonchev–Trinajstić information content (AvgIpc) is 2.19. The summed E-state index contributed by atoms with van der Waals surface area (Å²) in [5, 5.41) is 10.9. The third-order valence-corrected chi connectivity index (χ3v) is 1.36. The van der Waals surface area contributed by atoms with Gasteiger partial charge < -0.3 is 5.32 Å². The van der Waals surface area contributed by atoms with E-state index in [1.807, 2.05) is 6.07 Å². The molecule has 1 aromatic heterocycles. The third kappa shape index (κ3) is 2.52. The molecule has 13 heavy (non-hydrogen) atoms. The van der Waals surface area contributed by atoms with E-state index in [1.165, 1.54) is 18.7 Å². The highest BCUT2D eigenvalue weighted by Gasteiger charge is 2.08. The molecule has 0 saturated heterocycles. The highest BCUT2D eigenvalue weighted by Crippen LogP contribution is 1.93. The number of nitrogens with one attached hydrogen (secondary N) is 1. The molecule has 0 spiro atoms. The Morgan fingerprint density at radius 1 is 1.62 bits per heavy atom. The first kappa shape index (κ1) is 9.13. The smallest absolute Gasteiger partial charge is 0.255 e. The van der Waals surface area contributed by atoms with Crippen LogP contribution < -0.4 is 5.32 Å². The fourth-order valence-corrected chi connectivity index (χ4v) is 0.729. The van der Waals surface area contributed by atoms with Gasteiger partial charge in [0.25, 0.3) is 5.91 Å². The molecule has 5 heteroatoms. The van der Waals surface area contributed by atoms with Gasteiger partial charge in [-0.1, -0.05) is 0 Å². The maximum Gasteiger partial charge on any atom is 0.255 e. The van der Waals surface area contributed by atoms with Crippen molar-refractivity contribution in [2.75, 3.05) is 0 Å². The summed E-state index contributed by atoms with van der Waals surface area (Å²) in [5.74, 6) is -0.338. The van der Waals surface area contributed by atoms with Gasteiger partial charge in [0.2, 0.25) is 0 Å². The van der Waals surface area contributed by atoms with Crippen LogP contribution in [0.3, 0.4) is 0 Å². The molecule has 0 fully saturated rings. The molecule has 0 aliphatic carbocycles. The van der Waals surface area contributed by atoms with Gasteiger partial charge in [0.15, 0.2) is 0 Å². The van der Waals surface area contributed by atoms with E-state index < -0.39 is 6.04 Å². The van der Waals surface area contributed by atoms with Crippen LogP contribution in [0.15, 0.2) is 18.7 Å². The minimum absolute atomic E-state index is 0.338. The number of amides is 1. The molecule has 66 valence electrons. The highest BCUT2D eigenvalue weighted by atomic mass is 16.1. The zero-order valence-corrected chi connectivity index (χ0v) is 7.06. The molecule has 1 unspecified atom stereocenters. The predicted octanol–water partition coefficient (Wildman–Crippen LogP) is 0.118. The van der Waals surface area contributed by atoms with Crippen molar-refractivity contribution in [3.8, 4) is 6.07 Å². The van der Waals surface area contributed by atoms with Crippen molar-refractivity contribution in [2.24, 2.45) is 0 Å². The van der Waals surface area contributed by atoms with Gasteiger partial charge in [0.05, 0.1) is 11.6 Å². The lowest BCUT2D eigenvalue weighted by Gasteiger charge is -2.04. The van der Waals surface area contributed by atoms with Crippen LogP contribution in [-0.4, -0.2) is 21.9 Å². The van der Waals surface area contributed by atoms with Crippen molar-refractivity contribution in [2.45, 2.75) is 13.0 Å². The zero-order valence-electron chi connectivity index (χ0n) is 7.06. The summed E-state index contributed by atoms with van der Waals surface area (Å²) in [4.78, 5) is 18.6. The number of hydrogen-bond acceptors (Lipinski definition) is 4. The van der Waals surface area contributed by atoms with Crippen molar-refractivity contribution >= 4 is 5.91 Å². The highest BCUT2D eigenvalue weighted by molar-refractivity contribution is 5.93. The van der Waals surface area contributed by atoms with Crippen molar-refractivity contribution in [3.05, 3.63) is 24.3 Å². The normalized spacial score (nSPS) is 11.4. The van der Waals surface area contributed by atoms with Crippen molar-refractivity contribution in [1.82, 2.24) is 15.3 Å². The molecule has 0 radical (unpaired) electrons. The number of hydrogen-bond donors (Lipinski definition) is 1. The van der Waals surface area contributed by atoms with Crippen LogP contribution >= 0.6 is 0 Å². The third-order valence-electron chi connectivity index (χ3n) is 1.36. The molecule has 0 aromatic carbocycles. The monoisotopic (exact) mass is 176 g/mol. The number of nitrogens with zero attached hydrogens (tertiary/aromatic N) is 3. The predicted molar refractivity (Wildman–Crippen MR) is 44.6 cm³/mol. The molecule has 5 nitrogen and oxygen atoms in total. The van der Waals surface area contributed by atoms with Gasteiger partial charge in [0, 0.05) is 12.4 Å². The molecular formula is C8H8N4O. The van der Waals surface area contributed by atoms with E-state index in [0.717, 1.165) is 0 Å². The lowest BCUT2D eigenvalue weighted by molar-refractivity contribution is 0.0947. The van der Waals surface area contributed by atoms with Crippen LogP contribution in [0.5, 0.6) is 0 Å². The number of carbonyl (C=O) groups excluding carboxylic acids is 1. The van der Waals surface area contributed by atoms with Gasteiger partial charge in [-0.05, 0) is 6.92 Å². The summed E-state index contributed by atoms with van der Waals surface area (Å²) in [5.41, 5.74) is 0.351. The molecule has 1 atom stereocenters. The van der Waals surface area contributed by atoms with E-state index in [2.05, 4.69) is 15.3 Å². The Balaban J connectivity index is 2.66. The fourth-order valence-electron chi connectivity index (χ4n) is 0.729. The Labute approximate surface area is 75.4 Å². The largest absolute Gasteiger partial charge is 0.336 e. The minimum Gasteiger partial charge on any atom is -0.336 e. The molecular weight excluding hydrogens is 168 g/mol. The van der Waals surface area contributed by atoms with Crippen LogP contribution in [0.25, 0.3) is 0 Å². The summed E-state index contributed by atoms with van der Waals surface area (Å²) >= 11 is 0. The van der Waals surface area contributed by atoms with Gasteiger partial charge in [-0.3, -0.25) is 4.79 Å². The standard InChI is InChI=1S/C8H8N4O/c1-6(2-9)12-8(13)7-3-10-5-11-4-7/h3-6H,1H3,(H,12,13). The van der Waals surface area contributed by atoms with Crippen molar-refractivity contribution < 1.29 is 4.79 Å². The van der Waals surface area contributed by atoms with E-state index in [-0.39, 0.29) is 5.91 Å². The summed E-state index contributed by atoms with van der Waals surface area (Å²) < 4.78 is 0. The minimum atomic E-state index is -0.507. The Hall–Kier alpha value is -1.96. The maximum atomic E-state index is 11.3. The topological polar surface area (TPSA) is 78.7 Å². The average molecular weight is 176 g/mol. The van der Waals surface area contributed by atoms with Crippen molar-refractivity contribution in [3.63, 3.8) is 0 Å². The van der Waals surface area contributed by atoms with Gasteiger partial charge in [-0.2, -0.15) is 5.26 Å². The van der Waals surface area contributed by atoms with E-state index in [4.69, 9.17) is 5.26 Å². The molecule has 1 aromatic rings. The summed E-state index contributed by atoms with van der Waals surface area (Å²) in [6.07, 6.45) is 4.13. The van der Waals surface area contributed by atoms with Crippen LogP contribution in [0, 0.1) is 11.3 Å². The van der Waals surface area contributed by atoms with Crippen molar-refractivity contribution in [1.29, 1.82) is 5.26 Å². The number of rotatable bonds is 2. The number of carbonyl (C=O) groups is 1.